The third-order valence-electron chi connectivity index (χ3n) is 2.74. The van der Waals surface area contributed by atoms with E-state index in [9.17, 15) is 8.42 Å². The van der Waals surface area contributed by atoms with Gasteiger partial charge < -0.3 is 10.3 Å². The Morgan fingerprint density at radius 1 is 1.47 bits per heavy atom. The van der Waals surface area contributed by atoms with Crippen LogP contribution in [0.5, 0.6) is 0 Å². The maximum Gasteiger partial charge on any atom is 0.244 e. The number of aromatic amines is 1. The fourth-order valence-corrected chi connectivity index (χ4v) is 3.27. The average Bonchev–Trinajstić information content (AvgIpc) is 2.80. The zero-order valence-electron chi connectivity index (χ0n) is 9.81. The summed E-state index contributed by atoms with van der Waals surface area (Å²) in [6, 6.07) is 1.68. The third kappa shape index (κ3) is 2.59. The minimum Gasteiger partial charge on any atom is -0.363 e. The van der Waals surface area contributed by atoms with Crippen molar-refractivity contribution in [3.05, 3.63) is 30.1 Å². The quantitative estimate of drug-likeness (QED) is 0.778. The molecule has 1 aliphatic rings. The van der Waals surface area contributed by atoms with Crippen LogP contribution in [-0.4, -0.2) is 37.8 Å². The number of hydrogen-bond donors (Lipinski definition) is 2. The van der Waals surface area contributed by atoms with Crippen LogP contribution in [0.3, 0.4) is 0 Å². The van der Waals surface area contributed by atoms with Crippen LogP contribution >= 0.6 is 0 Å². The molecule has 1 aromatic heterocycles. The van der Waals surface area contributed by atoms with Crippen LogP contribution in [0, 0.1) is 0 Å². The molecule has 5 nitrogen and oxygen atoms in total. The van der Waals surface area contributed by atoms with Crippen LogP contribution < -0.4 is 5.32 Å². The molecule has 2 N–H and O–H groups in total. The number of nitrogens with one attached hydrogen (secondary N) is 2. The van der Waals surface area contributed by atoms with Gasteiger partial charge in [0.15, 0.2) is 0 Å². The van der Waals surface area contributed by atoms with Gasteiger partial charge >= 0.3 is 0 Å². The van der Waals surface area contributed by atoms with Gasteiger partial charge in [0.25, 0.3) is 0 Å². The summed E-state index contributed by atoms with van der Waals surface area (Å²) in [5.74, 6) is 0. The number of nitrogens with zero attached hydrogens (tertiary/aromatic N) is 1. The summed E-state index contributed by atoms with van der Waals surface area (Å²) >= 11 is 0. The van der Waals surface area contributed by atoms with E-state index in [4.69, 9.17) is 0 Å². The zero-order valence-corrected chi connectivity index (χ0v) is 10.6. The minimum atomic E-state index is -3.34. The molecule has 0 unspecified atom stereocenters. The highest BCUT2D eigenvalue weighted by atomic mass is 32.2. The predicted octanol–water partition coefficient (Wildman–Crippen LogP) is 0.685. The first-order chi connectivity index (χ1) is 8.14. The van der Waals surface area contributed by atoms with Crippen LogP contribution in [-0.2, 0) is 16.6 Å². The van der Waals surface area contributed by atoms with Crippen molar-refractivity contribution in [2.75, 3.05) is 20.1 Å². The monoisotopic (exact) mass is 255 g/mol. The molecule has 2 heterocycles. The van der Waals surface area contributed by atoms with Gasteiger partial charge in [-0.25, -0.2) is 8.42 Å². The molecule has 0 aliphatic carbocycles. The lowest BCUT2D eigenvalue weighted by atomic mass is 10.3. The van der Waals surface area contributed by atoms with Gasteiger partial charge in [0.05, 0.1) is 4.90 Å². The Labute approximate surface area is 102 Å². The smallest absolute Gasteiger partial charge is 0.244 e. The molecular formula is C11H17N3O2S. The van der Waals surface area contributed by atoms with Crippen LogP contribution in [0.4, 0.5) is 0 Å². The molecule has 0 saturated carbocycles. The molecule has 0 fully saturated rings. The van der Waals surface area contributed by atoms with Crippen LogP contribution in [0.1, 0.15) is 12.1 Å². The topological polar surface area (TPSA) is 65.2 Å². The highest BCUT2D eigenvalue weighted by Gasteiger charge is 2.25. The van der Waals surface area contributed by atoms with E-state index in [0.717, 1.165) is 12.1 Å². The maximum atomic E-state index is 12.3. The van der Waals surface area contributed by atoms with Crippen molar-refractivity contribution in [2.45, 2.75) is 17.9 Å². The summed E-state index contributed by atoms with van der Waals surface area (Å²) in [5, 5.41) is 2.98. The van der Waals surface area contributed by atoms with E-state index >= 15 is 0 Å². The lowest BCUT2D eigenvalue weighted by molar-refractivity contribution is 0.437. The van der Waals surface area contributed by atoms with Gasteiger partial charge in [-0.2, -0.15) is 4.31 Å². The molecule has 1 aromatic rings. The SMILES string of the molecule is CNCc1cc(S(=O)(=O)N2CC=CCC2)c[nH]1. The van der Waals surface area contributed by atoms with Crippen molar-refractivity contribution >= 4 is 10.0 Å². The molecule has 1 aliphatic heterocycles. The second-order valence-electron chi connectivity index (χ2n) is 4.01. The molecular weight excluding hydrogens is 238 g/mol. The largest absolute Gasteiger partial charge is 0.363 e. The molecule has 0 amide bonds. The van der Waals surface area contributed by atoms with E-state index in [1.165, 1.54) is 4.31 Å². The molecule has 0 saturated heterocycles. The van der Waals surface area contributed by atoms with Crippen LogP contribution in [0.25, 0.3) is 0 Å². The van der Waals surface area contributed by atoms with Crippen molar-refractivity contribution in [1.82, 2.24) is 14.6 Å². The van der Waals surface area contributed by atoms with E-state index in [2.05, 4.69) is 10.3 Å². The minimum absolute atomic E-state index is 0.345. The lowest BCUT2D eigenvalue weighted by Crippen LogP contribution is -2.33. The summed E-state index contributed by atoms with van der Waals surface area (Å²) in [5.41, 5.74) is 0.874. The molecule has 6 heteroatoms. The van der Waals surface area contributed by atoms with Crippen LogP contribution in [0.15, 0.2) is 29.3 Å². The standard InChI is InChI=1S/C11H17N3O2S/c1-12-8-10-7-11(9-13-10)17(15,16)14-5-3-2-4-6-14/h2-3,7,9,12-13H,4-6,8H2,1H3. The van der Waals surface area contributed by atoms with Gasteiger partial charge in [-0.15, -0.1) is 0 Å². The summed E-state index contributed by atoms with van der Waals surface area (Å²) in [7, 11) is -1.51. The van der Waals surface area contributed by atoms with E-state index in [1.807, 2.05) is 19.2 Å². The first-order valence-corrected chi connectivity index (χ1v) is 7.05. The van der Waals surface area contributed by atoms with Crippen molar-refractivity contribution < 1.29 is 8.42 Å². The maximum absolute atomic E-state index is 12.3. The van der Waals surface area contributed by atoms with Crippen molar-refractivity contribution in [2.24, 2.45) is 0 Å². The first-order valence-electron chi connectivity index (χ1n) is 5.61. The Kier molecular flexibility index (Phi) is 3.66. The zero-order chi connectivity index (χ0) is 12.3. The predicted molar refractivity (Wildman–Crippen MR) is 66.1 cm³/mol. The van der Waals surface area contributed by atoms with E-state index < -0.39 is 10.0 Å². The number of aromatic nitrogens is 1. The molecule has 17 heavy (non-hydrogen) atoms. The summed E-state index contributed by atoms with van der Waals surface area (Å²) < 4.78 is 26.0. The number of sulfonamides is 1. The Balaban J connectivity index is 2.21. The van der Waals surface area contributed by atoms with Gasteiger partial charge in [-0.1, -0.05) is 12.2 Å². The first kappa shape index (κ1) is 12.3. The normalized spacial score (nSPS) is 17.5. The molecule has 0 atom stereocenters. The highest BCUT2D eigenvalue weighted by molar-refractivity contribution is 7.89. The van der Waals surface area contributed by atoms with E-state index in [-0.39, 0.29) is 0 Å². The fourth-order valence-electron chi connectivity index (χ4n) is 1.85. The van der Waals surface area contributed by atoms with Gasteiger partial charge in [0, 0.05) is 31.5 Å². The summed E-state index contributed by atoms with van der Waals surface area (Å²) in [6.07, 6.45) is 6.24. The fraction of sp³-hybridized carbons (Fsp3) is 0.455. The average molecular weight is 255 g/mol. The van der Waals surface area contributed by atoms with Gasteiger partial charge in [-0.3, -0.25) is 0 Å². The lowest BCUT2D eigenvalue weighted by Gasteiger charge is -2.21. The van der Waals surface area contributed by atoms with E-state index in [0.29, 0.717) is 24.5 Å². The Morgan fingerprint density at radius 3 is 2.94 bits per heavy atom. The molecule has 2 rings (SSSR count). The Hall–Kier alpha value is -1.11. The second-order valence-corrected chi connectivity index (χ2v) is 5.95. The second kappa shape index (κ2) is 5.03. The van der Waals surface area contributed by atoms with Crippen molar-refractivity contribution in [1.29, 1.82) is 0 Å². The van der Waals surface area contributed by atoms with Crippen molar-refractivity contribution in [3.63, 3.8) is 0 Å². The molecule has 0 bridgehead atoms. The molecule has 94 valence electrons. The summed E-state index contributed by atoms with van der Waals surface area (Å²) in [4.78, 5) is 3.31. The van der Waals surface area contributed by atoms with Crippen LogP contribution in [0.2, 0.25) is 0 Å². The number of rotatable bonds is 4. The van der Waals surface area contributed by atoms with Gasteiger partial charge in [0.2, 0.25) is 10.0 Å². The number of H-pyrrole nitrogens is 1. The molecule has 0 radical (unpaired) electrons. The molecule has 0 spiro atoms. The summed E-state index contributed by atoms with van der Waals surface area (Å²) in [6.45, 7) is 1.66. The highest BCUT2D eigenvalue weighted by Crippen LogP contribution is 2.18. The third-order valence-corrected chi connectivity index (χ3v) is 4.59. The Bertz CT molecular complexity index is 505. The van der Waals surface area contributed by atoms with Crippen molar-refractivity contribution in [3.8, 4) is 0 Å². The Morgan fingerprint density at radius 2 is 2.29 bits per heavy atom. The van der Waals surface area contributed by atoms with Gasteiger partial charge in [-0.05, 0) is 19.5 Å². The number of hydrogen-bond acceptors (Lipinski definition) is 3. The molecule has 0 aromatic carbocycles. The van der Waals surface area contributed by atoms with Gasteiger partial charge in [0.1, 0.15) is 0 Å². The van der Waals surface area contributed by atoms with E-state index in [1.54, 1.807) is 12.3 Å².